The molecule has 1 amide bonds. The summed E-state index contributed by atoms with van der Waals surface area (Å²) in [6.45, 7) is 3.44. The zero-order chi connectivity index (χ0) is 22.3. The van der Waals surface area contributed by atoms with Crippen molar-refractivity contribution in [3.8, 4) is 0 Å². The zero-order valence-corrected chi connectivity index (χ0v) is 20.4. The zero-order valence-electron chi connectivity index (χ0n) is 18.0. The molecule has 0 unspecified atom stereocenters. The number of guanidine groups is 1. The van der Waals surface area contributed by atoms with Gasteiger partial charge in [0, 0.05) is 39.8 Å². The molecule has 0 aliphatic rings. The summed E-state index contributed by atoms with van der Waals surface area (Å²) in [5.41, 5.74) is 1.65. The number of alkyl halides is 3. The standard InChI is InChI=1S/C22H27F3N4O.HI/c1-5-26-21(27-14-16-6-10-18(11-7-16)20(30)28(2)3)29(4)15-17-8-12-19(13-9-17)22(23,24)25;/h6-13H,5,14-15H2,1-4H3,(H,26,27);1H. The Morgan fingerprint density at radius 1 is 0.968 bits per heavy atom. The van der Waals surface area contributed by atoms with E-state index in [9.17, 15) is 18.0 Å². The first-order valence-electron chi connectivity index (χ1n) is 9.58. The molecule has 5 nitrogen and oxygen atoms in total. The molecule has 1 N–H and O–H groups in total. The molecule has 0 spiro atoms. The molecule has 2 aromatic carbocycles. The summed E-state index contributed by atoms with van der Waals surface area (Å²) in [5.74, 6) is 0.584. The number of aliphatic imine (C=N–C) groups is 1. The number of nitrogens with one attached hydrogen (secondary N) is 1. The Kier molecular flexibility index (Phi) is 10.3. The number of amides is 1. The molecule has 0 bridgehead atoms. The van der Waals surface area contributed by atoms with E-state index < -0.39 is 11.7 Å². The van der Waals surface area contributed by atoms with Crippen LogP contribution in [0.25, 0.3) is 0 Å². The maximum Gasteiger partial charge on any atom is 0.416 e. The molecule has 170 valence electrons. The molecule has 0 heterocycles. The predicted molar refractivity (Wildman–Crippen MR) is 128 cm³/mol. The van der Waals surface area contributed by atoms with Gasteiger partial charge < -0.3 is 15.1 Å². The fourth-order valence-corrected chi connectivity index (χ4v) is 2.79. The molecule has 0 saturated heterocycles. The molecule has 0 fully saturated rings. The Hall–Kier alpha value is -2.30. The van der Waals surface area contributed by atoms with Crippen molar-refractivity contribution in [3.63, 3.8) is 0 Å². The number of carbonyl (C=O) groups excluding carboxylic acids is 1. The molecule has 31 heavy (non-hydrogen) atoms. The van der Waals surface area contributed by atoms with Gasteiger partial charge in [0.15, 0.2) is 5.96 Å². The highest BCUT2D eigenvalue weighted by Crippen LogP contribution is 2.29. The Labute approximate surface area is 198 Å². The predicted octanol–water partition coefficient (Wildman–Crippen LogP) is 4.62. The van der Waals surface area contributed by atoms with E-state index in [4.69, 9.17) is 0 Å². The van der Waals surface area contributed by atoms with E-state index in [0.29, 0.717) is 31.2 Å². The van der Waals surface area contributed by atoms with Gasteiger partial charge in [0.25, 0.3) is 5.91 Å². The van der Waals surface area contributed by atoms with Crippen LogP contribution in [-0.2, 0) is 19.3 Å². The molecule has 0 aliphatic carbocycles. The summed E-state index contributed by atoms with van der Waals surface area (Å²) in [6.07, 6.45) is -4.34. The van der Waals surface area contributed by atoms with Gasteiger partial charge >= 0.3 is 6.18 Å². The van der Waals surface area contributed by atoms with Gasteiger partial charge in [-0.05, 0) is 42.3 Å². The van der Waals surface area contributed by atoms with Crippen LogP contribution in [0.3, 0.4) is 0 Å². The van der Waals surface area contributed by atoms with Crippen molar-refractivity contribution in [2.24, 2.45) is 4.99 Å². The lowest BCUT2D eigenvalue weighted by molar-refractivity contribution is -0.137. The minimum atomic E-state index is -4.34. The third kappa shape index (κ3) is 8.04. The SMILES string of the molecule is CCNC(=NCc1ccc(C(=O)N(C)C)cc1)N(C)Cc1ccc(C(F)(F)F)cc1.I. The normalized spacial score (nSPS) is 11.5. The highest BCUT2D eigenvalue weighted by molar-refractivity contribution is 14.0. The van der Waals surface area contributed by atoms with E-state index in [1.165, 1.54) is 17.0 Å². The van der Waals surface area contributed by atoms with Gasteiger partial charge in [0.2, 0.25) is 0 Å². The third-order valence-corrected chi connectivity index (χ3v) is 4.42. The second kappa shape index (κ2) is 11.9. The topological polar surface area (TPSA) is 47.9 Å². The van der Waals surface area contributed by atoms with Crippen LogP contribution in [0.5, 0.6) is 0 Å². The molecule has 0 saturated carbocycles. The number of nitrogens with zero attached hydrogens (tertiary/aromatic N) is 3. The Bertz CT molecular complexity index is 866. The average Bonchev–Trinajstić information content (AvgIpc) is 2.70. The molecule has 0 radical (unpaired) electrons. The minimum absolute atomic E-state index is 0. The van der Waals surface area contributed by atoms with Crippen LogP contribution in [0.1, 0.15) is 34.0 Å². The minimum Gasteiger partial charge on any atom is -0.357 e. The molecule has 0 atom stereocenters. The van der Waals surface area contributed by atoms with E-state index in [0.717, 1.165) is 23.3 Å². The first-order chi connectivity index (χ1) is 14.1. The second-order valence-electron chi connectivity index (χ2n) is 7.12. The molecule has 2 rings (SSSR count). The molecule has 0 aromatic heterocycles. The lowest BCUT2D eigenvalue weighted by Gasteiger charge is -2.22. The number of rotatable bonds is 6. The van der Waals surface area contributed by atoms with Crippen molar-refractivity contribution in [1.29, 1.82) is 0 Å². The van der Waals surface area contributed by atoms with E-state index in [-0.39, 0.29) is 29.9 Å². The number of halogens is 4. The lowest BCUT2D eigenvalue weighted by atomic mass is 10.1. The van der Waals surface area contributed by atoms with Crippen LogP contribution in [0.15, 0.2) is 53.5 Å². The smallest absolute Gasteiger partial charge is 0.357 e. The van der Waals surface area contributed by atoms with Crippen molar-refractivity contribution >= 4 is 35.8 Å². The number of carbonyl (C=O) groups is 1. The average molecular weight is 548 g/mol. The summed E-state index contributed by atoms with van der Waals surface area (Å²) in [7, 11) is 5.24. The van der Waals surface area contributed by atoms with Crippen LogP contribution in [0.4, 0.5) is 13.2 Å². The summed E-state index contributed by atoms with van der Waals surface area (Å²) >= 11 is 0. The van der Waals surface area contributed by atoms with Gasteiger partial charge in [-0.15, -0.1) is 24.0 Å². The Balaban J connectivity index is 0.00000480. The van der Waals surface area contributed by atoms with Gasteiger partial charge in [0.1, 0.15) is 0 Å². The number of hydrogen-bond donors (Lipinski definition) is 1. The fraction of sp³-hybridized carbons (Fsp3) is 0.364. The summed E-state index contributed by atoms with van der Waals surface area (Å²) < 4.78 is 38.2. The lowest BCUT2D eigenvalue weighted by Crippen LogP contribution is -2.38. The maximum absolute atomic E-state index is 12.7. The molecule has 9 heteroatoms. The van der Waals surface area contributed by atoms with Crippen LogP contribution >= 0.6 is 24.0 Å². The molecule has 0 aliphatic heterocycles. The maximum atomic E-state index is 12.7. The van der Waals surface area contributed by atoms with E-state index in [2.05, 4.69) is 10.3 Å². The van der Waals surface area contributed by atoms with Crippen molar-refractivity contribution in [3.05, 3.63) is 70.8 Å². The quantitative estimate of drug-likeness (QED) is 0.326. The third-order valence-electron chi connectivity index (χ3n) is 4.42. The monoisotopic (exact) mass is 548 g/mol. The van der Waals surface area contributed by atoms with E-state index >= 15 is 0 Å². The van der Waals surface area contributed by atoms with Crippen molar-refractivity contribution in [2.45, 2.75) is 26.2 Å². The summed E-state index contributed by atoms with van der Waals surface area (Å²) in [6, 6.07) is 12.4. The second-order valence-corrected chi connectivity index (χ2v) is 7.12. The highest BCUT2D eigenvalue weighted by Gasteiger charge is 2.29. The highest BCUT2D eigenvalue weighted by atomic mass is 127. The molecule has 2 aromatic rings. The van der Waals surface area contributed by atoms with E-state index in [1.54, 1.807) is 26.2 Å². The van der Waals surface area contributed by atoms with Crippen LogP contribution in [-0.4, -0.2) is 49.4 Å². The van der Waals surface area contributed by atoms with Crippen LogP contribution in [0, 0.1) is 0 Å². The summed E-state index contributed by atoms with van der Waals surface area (Å²) in [4.78, 5) is 19.9. The van der Waals surface area contributed by atoms with Crippen molar-refractivity contribution in [2.75, 3.05) is 27.7 Å². The van der Waals surface area contributed by atoms with Crippen molar-refractivity contribution in [1.82, 2.24) is 15.1 Å². The van der Waals surface area contributed by atoms with Gasteiger partial charge in [-0.25, -0.2) is 4.99 Å². The van der Waals surface area contributed by atoms with Gasteiger partial charge in [-0.2, -0.15) is 13.2 Å². The Morgan fingerprint density at radius 3 is 2.00 bits per heavy atom. The largest absolute Gasteiger partial charge is 0.416 e. The molecular formula is C22H28F3IN4O. The Morgan fingerprint density at radius 2 is 1.52 bits per heavy atom. The van der Waals surface area contributed by atoms with Crippen LogP contribution < -0.4 is 5.32 Å². The van der Waals surface area contributed by atoms with Crippen LogP contribution in [0.2, 0.25) is 0 Å². The number of benzene rings is 2. The summed E-state index contributed by atoms with van der Waals surface area (Å²) in [5, 5.41) is 3.19. The van der Waals surface area contributed by atoms with Crippen molar-refractivity contribution < 1.29 is 18.0 Å². The number of hydrogen-bond acceptors (Lipinski definition) is 2. The fourth-order valence-electron chi connectivity index (χ4n) is 2.79. The van der Waals surface area contributed by atoms with Gasteiger partial charge in [-0.3, -0.25) is 4.79 Å². The first kappa shape index (κ1) is 26.7. The van der Waals surface area contributed by atoms with Gasteiger partial charge in [-0.1, -0.05) is 24.3 Å². The first-order valence-corrected chi connectivity index (χ1v) is 9.58. The van der Waals surface area contributed by atoms with E-state index in [1.807, 2.05) is 31.0 Å². The molecular weight excluding hydrogens is 520 g/mol. The van der Waals surface area contributed by atoms with Gasteiger partial charge in [0.05, 0.1) is 12.1 Å².